The van der Waals surface area contributed by atoms with Gasteiger partial charge in [-0.2, -0.15) is 0 Å². The van der Waals surface area contributed by atoms with E-state index in [9.17, 15) is 0 Å². The number of hydrazine groups is 1. The monoisotopic (exact) mass is 300 g/mol. The summed E-state index contributed by atoms with van der Waals surface area (Å²) in [4.78, 5) is 16.3. The van der Waals surface area contributed by atoms with Gasteiger partial charge in [0, 0.05) is 18.9 Å². The van der Waals surface area contributed by atoms with Gasteiger partial charge in [0.15, 0.2) is 5.82 Å². The van der Waals surface area contributed by atoms with Gasteiger partial charge in [-0.05, 0) is 30.1 Å². The number of nitrogens with two attached hydrogens (primary N) is 1. The lowest BCUT2D eigenvalue weighted by Crippen LogP contribution is -2.20. The fourth-order valence-electron chi connectivity index (χ4n) is 2.18. The van der Waals surface area contributed by atoms with Crippen LogP contribution in [0.3, 0.4) is 0 Å². The summed E-state index contributed by atoms with van der Waals surface area (Å²) in [5, 5.41) is 2.95. The number of anilines is 1. The Kier molecular flexibility index (Phi) is 4.05. The van der Waals surface area contributed by atoms with Gasteiger partial charge in [-0.1, -0.05) is 6.07 Å². The summed E-state index contributed by atoms with van der Waals surface area (Å²) in [6, 6.07) is 5.96. The average molecular weight is 300 g/mol. The zero-order valence-electron chi connectivity index (χ0n) is 11.7. The number of nitrogens with zero attached hydrogens (tertiary/aromatic N) is 4. The predicted molar refractivity (Wildman–Crippen MR) is 84.6 cm³/mol. The lowest BCUT2D eigenvalue weighted by molar-refractivity contribution is 0.311. The molecule has 0 aliphatic carbocycles. The molecule has 6 nitrogen and oxygen atoms in total. The SMILES string of the molecule is CN(Cc1cccnc1)Cc1nc(NN)c2ccsc2n1. The van der Waals surface area contributed by atoms with E-state index < -0.39 is 0 Å². The second-order valence-corrected chi connectivity index (χ2v) is 5.70. The van der Waals surface area contributed by atoms with Crippen LogP contribution in [0.15, 0.2) is 36.0 Å². The van der Waals surface area contributed by atoms with Gasteiger partial charge >= 0.3 is 0 Å². The predicted octanol–water partition coefficient (Wildman–Crippen LogP) is 2.00. The highest BCUT2D eigenvalue weighted by Crippen LogP contribution is 2.24. The third-order valence-corrected chi connectivity index (χ3v) is 3.90. The minimum absolute atomic E-state index is 0.650. The number of hydrogen-bond donors (Lipinski definition) is 2. The fraction of sp³-hybridized carbons (Fsp3) is 0.214. The first kappa shape index (κ1) is 13.9. The van der Waals surface area contributed by atoms with Gasteiger partial charge in [0.2, 0.25) is 0 Å². The molecule has 0 spiro atoms. The molecule has 3 aromatic rings. The lowest BCUT2D eigenvalue weighted by atomic mass is 10.2. The summed E-state index contributed by atoms with van der Waals surface area (Å²) in [7, 11) is 2.03. The highest BCUT2D eigenvalue weighted by atomic mass is 32.1. The molecule has 21 heavy (non-hydrogen) atoms. The molecule has 0 bridgehead atoms. The molecule has 0 radical (unpaired) electrons. The molecule has 108 valence electrons. The summed E-state index contributed by atoms with van der Waals surface area (Å²) in [5.74, 6) is 6.97. The van der Waals surface area contributed by atoms with Crippen LogP contribution in [0.5, 0.6) is 0 Å². The highest BCUT2D eigenvalue weighted by molar-refractivity contribution is 7.16. The Morgan fingerprint density at radius 3 is 2.95 bits per heavy atom. The van der Waals surface area contributed by atoms with Gasteiger partial charge in [-0.25, -0.2) is 15.8 Å². The Labute approximate surface area is 126 Å². The first-order valence-electron chi connectivity index (χ1n) is 6.54. The molecule has 0 amide bonds. The fourth-order valence-corrected chi connectivity index (χ4v) is 2.96. The van der Waals surface area contributed by atoms with Crippen LogP contribution in [0.1, 0.15) is 11.4 Å². The lowest BCUT2D eigenvalue weighted by Gasteiger charge is -2.16. The molecule has 0 aliphatic heterocycles. The molecule has 7 heteroatoms. The molecule has 0 fully saturated rings. The molecule has 0 unspecified atom stereocenters. The summed E-state index contributed by atoms with van der Waals surface area (Å²) in [6.07, 6.45) is 3.64. The summed E-state index contributed by atoms with van der Waals surface area (Å²) in [6.45, 7) is 1.45. The zero-order valence-corrected chi connectivity index (χ0v) is 12.5. The molecule has 3 N–H and O–H groups in total. The summed E-state index contributed by atoms with van der Waals surface area (Å²) in [5.41, 5.74) is 3.81. The number of rotatable bonds is 5. The molecular weight excluding hydrogens is 284 g/mol. The van der Waals surface area contributed by atoms with Crippen molar-refractivity contribution in [3.05, 3.63) is 47.4 Å². The van der Waals surface area contributed by atoms with Crippen molar-refractivity contribution in [1.29, 1.82) is 0 Å². The molecule has 0 aromatic carbocycles. The maximum atomic E-state index is 5.54. The summed E-state index contributed by atoms with van der Waals surface area (Å²) >= 11 is 1.59. The number of nitrogens with one attached hydrogen (secondary N) is 1. The van der Waals surface area contributed by atoms with Crippen LogP contribution in [-0.2, 0) is 13.1 Å². The molecule has 0 aliphatic rings. The Bertz CT molecular complexity index is 727. The number of nitrogen functional groups attached to an aromatic ring is 1. The smallest absolute Gasteiger partial charge is 0.152 e. The van der Waals surface area contributed by atoms with E-state index in [4.69, 9.17) is 5.84 Å². The highest BCUT2D eigenvalue weighted by Gasteiger charge is 2.10. The van der Waals surface area contributed by atoms with Crippen LogP contribution < -0.4 is 11.3 Å². The third kappa shape index (κ3) is 3.15. The van der Waals surface area contributed by atoms with E-state index in [1.54, 1.807) is 17.5 Å². The van der Waals surface area contributed by atoms with Crippen LogP contribution in [0, 0.1) is 0 Å². The van der Waals surface area contributed by atoms with E-state index in [1.807, 2.05) is 30.8 Å². The van der Waals surface area contributed by atoms with Crippen molar-refractivity contribution in [3.8, 4) is 0 Å². The van der Waals surface area contributed by atoms with Gasteiger partial charge in [-0.15, -0.1) is 11.3 Å². The van der Waals surface area contributed by atoms with Crippen molar-refractivity contribution in [2.75, 3.05) is 12.5 Å². The van der Waals surface area contributed by atoms with Crippen molar-refractivity contribution in [2.45, 2.75) is 13.1 Å². The Hall–Kier alpha value is -2.09. The Morgan fingerprint density at radius 2 is 2.19 bits per heavy atom. The van der Waals surface area contributed by atoms with Crippen molar-refractivity contribution in [2.24, 2.45) is 5.84 Å². The standard InChI is InChI=1S/C14H16N6S/c1-20(8-10-3-2-5-16-7-10)9-12-17-13(19-15)11-4-6-21-14(11)18-12/h2-7H,8-9,15H2,1H3,(H,17,18,19). The van der Waals surface area contributed by atoms with Crippen LogP contribution in [0.25, 0.3) is 10.2 Å². The van der Waals surface area contributed by atoms with Crippen molar-refractivity contribution < 1.29 is 0 Å². The van der Waals surface area contributed by atoms with Gasteiger partial charge < -0.3 is 5.43 Å². The van der Waals surface area contributed by atoms with E-state index in [0.717, 1.165) is 28.1 Å². The molecule has 3 rings (SSSR count). The topological polar surface area (TPSA) is 80.0 Å². The van der Waals surface area contributed by atoms with Gasteiger partial charge in [-0.3, -0.25) is 9.88 Å². The van der Waals surface area contributed by atoms with Crippen molar-refractivity contribution in [1.82, 2.24) is 19.9 Å². The zero-order chi connectivity index (χ0) is 14.7. The van der Waals surface area contributed by atoms with E-state index in [-0.39, 0.29) is 0 Å². The average Bonchev–Trinajstić information content (AvgIpc) is 2.95. The van der Waals surface area contributed by atoms with E-state index in [0.29, 0.717) is 12.4 Å². The van der Waals surface area contributed by atoms with Crippen LogP contribution in [0.2, 0.25) is 0 Å². The minimum Gasteiger partial charge on any atom is -0.308 e. The molecule has 0 saturated carbocycles. The number of aromatic nitrogens is 3. The van der Waals surface area contributed by atoms with Gasteiger partial charge in [0.05, 0.1) is 11.9 Å². The molecule has 0 atom stereocenters. The summed E-state index contributed by atoms with van der Waals surface area (Å²) < 4.78 is 0. The quantitative estimate of drug-likeness (QED) is 0.554. The minimum atomic E-state index is 0.650. The molecular formula is C14H16N6S. The number of thiophene rings is 1. The Morgan fingerprint density at radius 1 is 1.29 bits per heavy atom. The maximum Gasteiger partial charge on any atom is 0.152 e. The largest absolute Gasteiger partial charge is 0.308 e. The number of fused-ring (bicyclic) bond motifs is 1. The van der Waals surface area contributed by atoms with Crippen LogP contribution in [0.4, 0.5) is 5.82 Å². The number of hydrogen-bond acceptors (Lipinski definition) is 7. The van der Waals surface area contributed by atoms with Gasteiger partial charge in [0.25, 0.3) is 0 Å². The van der Waals surface area contributed by atoms with Crippen LogP contribution in [-0.4, -0.2) is 26.9 Å². The van der Waals surface area contributed by atoms with Gasteiger partial charge in [0.1, 0.15) is 10.7 Å². The number of pyridine rings is 1. The second kappa shape index (κ2) is 6.13. The third-order valence-electron chi connectivity index (χ3n) is 3.09. The van der Waals surface area contributed by atoms with Crippen molar-refractivity contribution >= 4 is 27.4 Å². The first-order valence-corrected chi connectivity index (χ1v) is 7.42. The second-order valence-electron chi connectivity index (χ2n) is 4.81. The maximum absolute atomic E-state index is 5.54. The Balaban J connectivity index is 1.78. The van der Waals surface area contributed by atoms with E-state index in [1.165, 1.54) is 0 Å². The van der Waals surface area contributed by atoms with Crippen molar-refractivity contribution in [3.63, 3.8) is 0 Å². The normalized spacial score (nSPS) is 11.2. The van der Waals surface area contributed by atoms with E-state index in [2.05, 4.69) is 31.3 Å². The van der Waals surface area contributed by atoms with Crippen LogP contribution >= 0.6 is 11.3 Å². The molecule has 0 saturated heterocycles. The molecule has 3 heterocycles. The first-order chi connectivity index (χ1) is 10.3. The van der Waals surface area contributed by atoms with E-state index >= 15 is 0 Å². The molecule has 3 aromatic heterocycles.